The fourth-order valence-electron chi connectivity index (χ4n) is 6.82. The number of halogens is 1. The summed E-state index contributed by atoms with van der Waals surface area (Å²) in [6.07, 6.45) is 9.70. The van der Waals surface area contributed by atoms with E-state index in [2.05, 4.69) is 15.3 Å². The Morgan fingerprint density at radius 1 is 1.26 bits per heavy atom. The molecule has 0 spiro atoms. The topological polar surface area (TPSA) is 102 Å². The van der Waals surface area contributed by atoms with Gasteiger partial charge in [-0.15, -0.1) is 0 Å². The summed E-state index contributed by atoms with van der Waals surface area (Å²) in [6.45, 7) is 5.63. The third kappa shape index (κ3) is 4.12. The molecule has 4 bridgehead atoms. The zero-order chi connectivity index (χ0) is 24.1. The van der Waals surface area contributed by atoms with Crippen molar-refractivity contribution in [2.24, 2.45) is 34.3 Å². The number of nitrogens with two attached hydrogens (primary N) is 1. The van der Waals surface area contributed by atoms with Crippen LogP contribution in [0.1, 0.15) is 56.3 Å². The van der Waals surface area contributed by atoms with E-state index in [4.69, 9.17) is 10.5 Å². The van der Waals surface area contributed by atoms with Gasteiger partial charge in [0.15, 0.2) is 0 Å². The lowest BCUT2D eigenvalue weighted by atomic mass is 9.47. The second kappa shape index (κ2) is 8.66. The molecule has 2 amide bonds. The van der Waals surface area contributed by atoms with Crippen molar-refractivity contribution in [1.29, 1.82) is 0 Å². The summed E-state index contributed by atoms with van der Waals surface area (Å²) in [6, 6.07) is 0.0541. The van der Waals surface area contributed by atoms with Gasteiger partial charge in [0.1, 0.15) is 11.4 Å². The summed E-state index contributed by atoms with van der Waals surface area (Å²) in [5.74, 6) is 1.51. The number of ether oxygens (including phenoxy) is 1. The van der Waals surface area contributed by atoms with E-state index in [0.717, 1.165) is 32.1 Å². The first-order valence-corrected chi connectivity index (χ1v) is 12.5. The molecule has 1 aromatic heterocycles. The van der Waals surface area contributed by atoms with Gasteiger partial charge in [-0.3, -0.25) is 14.0 Å². The Balaban J connectivity index is 1.39. The number of hydrogen-bond acceptors (Lipinski definition) is 5. The molecule has 0 aromatic carbocycles. The molecule has 8 nitrogen and oxygen atoms in total. The lowest BCUT2D eigenvalue weighted by molar-refractivity contribution is -0.145. The van der Waals surface area contributed by atoms with Crippen LogP contribution < -0.4 is 16.0 Å². The van der Waals surface area contributed by atoms with Crippen molar-refractivity contribution in [3.05, 3.63) is 17.8 Å². The van der Waals surface area contributed by atoms with Crippen molar-refractivity contribution in [1.82, 2.24) is 15.1 Å². The van der Waals surface area contributed by atoms with E-state index in [0.29, 0.717) is 43.6 Å². The van der Waals surface area contributed by atoms with Crippen LogP contribution >= 0.6 is 0 Å². The number of amides is 2. The van der Waals surface area contributed by atoms with Crippen molar-refractivity contribution in [3.63, 3.8) is 0 Å². The number of allylic oxidation sites excluding steroid dienone is 1. The lowest BCUT2D eigenvalue weighted by Crippen LogP contribution is -2.62. The molecule has 4 saturated carbocycles. The van der Waals surface area contributed by atoms with Gasteiger partial charge in [0, 0.05) is 36.2 Å². The first-order valence-electron chi connectivity index (χ1n) is 12.5. The number of rotatable bonds is 7. The van der Waals surface area contributed by atoms with E-state index in [9.17, 15) is 14.0 Å². The van der Waals surface area contributed by atoms with Crippen LogP contribution in [0.25, 0.3) is 6.20 Å². The Labute approximate surface area is 200 Å². The maximum atomic E-state index is 13.6. The van der Waals surface area contributed by atoms with Crippen LogP contribution in [0.3, 0.4) is 0 Å². The standard InChI is InChI=1S/C25H36FN5O3/c1-24(2,15-26)3-4-31-22(30-5-7-34-8-6-30)19(14-28-31)21(32)29-20-17-9-16-10-18(20)13-25(11-16,12-17)23(27)33/h3-4,14,16-18,20H,5-13,15H2,1-2H3,(H2,27,33)(H,29,32)/b4-3+/t16?,17?,18?,20-,25-. The van der Waals surface area contributed by atoms with E-state index in [-0.39, 0.29) is 35.1 Å². The number of morpholine rings is 1. The fraction of sp³-hybridized carbons (Fsp3) is 0.720. The van der Waals surface area contributed by atoms with E-state index >= 15 is 0 Å². The minimum atomic E-state index is -0.618. The van der Waals surface area contributed by atoms with Crippen LogP contribution in [-0.4, -0.2) is 60.6 Å². The number of alkyl halides is 1. The minimum absolute atomic E-state index is 0.0541. The molecular weight excluding hydrogens is 437 g/mol. The van der Waals surface area contributed by atoms with Crippen LogP contribution in [-0.2, 0) is 9.53 Å². The van der Waals surface area contributed by atoms with Crippen LogP contribution in [0.2, 0.25) is 0 Å². The number of hydrogen-bond donors (Lipinski definition) is 2. The number of carbonyl (C=O) groups is 2. The smallest absolute Gasteiger partial charge is 0.256 e. The second-order valence-corrected chi connectivity index (χ2v) is 11.5. The SMILES string of the molecule is CC(C)(/C=C/n1ncc(C(=O)N[C@H]2C3CC4CC2C[C@](C(N)=O)(C4)C3)c1N1CCOCC1)CF. The maximum absolute atomic E-state index is 13.6. The van der Waals surface area contributed by atoms with Crippen molar-refractivity contribution in [3.8, 4) is 0 Å². The maximum Gasteiger partial charge on any atom is 0.256 e. The molecular formula is C25H36FN5O3. The average Bonchev–Trinajstić information content (AvgIpc) is 3.24. The van der Waals surface area contributed by atoms with E-state index in [1.54, 1.807) is 23.2 Å². The highest BCUT2D eigenvalue weighted by Gasteiger charge is 2.58. The molecule has 2 atom stereocenters. The zero-order valence-electron chi connectivity index (χ0n) is 20.1. The molecule has 4 aliphatic carbocycles. The molecule has 34 heavy (non-hydrogen) atoms. The van der Waals surface area contributed by atoms with Crippen LogP contribution in [0.5, 0.6) is 0 Å². The number of anilines is 1. The van der Waals surface area contributed by atoms with Gasteiger partial charge in [-0.2, -0.15) is 5.10 Å². The largest absolute Gasteiger partial charge is 0.378 e. The highest BCUT2D eigenvalue weighted by molar-refractivity contribution is 5.99. The molecule has 1 saturated heterocycles. The monoisotopic (exact) mass is 473 g/mol. The highest BCUT2D eigenvalue weighted by Crippen LogP contribution is 2.60. The Bertz CT molecular complexity index is 967. The fourth-order valence-corrected chi connectivity index (χ4v) is 6.82. The second-order valence-electron chi connectivity index (χ2n) is 11.5. The molecule has 0 radical (unpaired) electrons. The van der Waals surface area contributed by atoms with Crippen LogP contribution in [0.15, 0.2) is 12.3 Å². The molecule has 3 N–H and O–H groups in total. The molecule has 6 rings (SSSR count). The zero-order valence-corrected chi connectivity index (χ0v) is 20.1. The van der Waals surface area contributed by atoms with Gasteiger partial charge < -0.3 is 20.7 Å². The van der Waals surface area contributed by atoms with Crippen molar-refractivity contribution in [2.45, 2.75) is 52.0 Å². The third-order valence-corrected chi connectivity index (χ3v) is 8.43. The van der Waals surface area contributed by atoms with Gasteiger partial charge in [0.25, 0.3) is 5.91 Å². The molecule has 2 unspecified atom stereocenters. The Morgan fingerprint density at radius 2 is 1.94 bits per heavy atom. The third-order valence-electron chi connectivity index (χ3n) is 8.43. The van der Waals surface area contributed by atoms with Crippen molar-refractivity contribution < 1.29 is 18.7 Å². The summed E-state index contributed by atoms with van der Waals surface area (Å²) in [7, 11) is 0. The molecule has 1 aromatic rings. The van der Waals surface area contributed by atoms with Gasteiger partial charge in [-0.05, 0) is 49.9 Å². The first-order chi connectivity index (χ1) is 16.2. The predicted octanol–water partition coefficient (Wildman–Crippen LogP) is 2.60. The molecule has 5 aliphatic rings. The molecule has 5 fully saturated rings. The minimum Gasteiger partial charge on any atom is -0.378 e. The Kier molecular flexibility index (Phi) is 5.94. The molecule has 2 heterocycles. The predicted molar refractivity (Wildman–Crippen MR) is 127 cm³/mol. The van der Waals surface area contributed by atoms with E-state index in [1.807, 2.05) is 13.8 Å². The summed E-state index contributed by atoms with van der Waals surface area (Å²) >= 11 is 0. The van der Waals surface area contributed by atoms with Crippen LogP contribution in [0, 0.1) is 28.6 Å². The summed E-state index contributed by atoms with van der Waals surface area (Å²) in [4.78, 5) is 28.0. The Morgan fingerprint density at radius 3 is 2.56 bits per heavy atom. The van der Waals surface area contributed by atoms with Gasteiger partial charge in [0.05, 0.1) is 26.1 Å². The van der Waals surface area contributed by atoms with Gasteiger partial charge in [-0.25, -0.2) is 4.68 Å². The normalized spacial score (nSPS) is 33.0. The lowest BCUT2D eigenvalue weighted by Gasteiger charge is -2.58. The quantitative estimate of drug-likeness (QED) is 0.634. The average molecular weight is 474 g/mol. The molecule has 1 aliphatic heterocycles. The summed E-state index contributed by atoms with van der Waals surface area (Å²) in [5, 5.41) is 7.80. The number of nitrogens with zero attached hydrogens (tertiary/aromatic N) is 3. The van der Waals surface area contributed by atoms with E-state index in [1.165, 1.54) is 0 Å². The Hall–Kier alpha value is -2.42. The first kappa shape index (κ1) is 23.3. The molecule has 9 heteroatoms. The number of nitrogens with one attached hydrogen (secondary N) is 1. The number of primary amides is 1. The van der Waals surface area contributed by atoms with Crippen molar-refractivity contribution >= 4 is 23.8 Å². The van der Waals surface area contributed by atoms with Gasteiger partial charge in [-0.1, -0.05) is 19.9 Å². The highest BCUT2D eigenvalue weighted by atomic mass is 19.1. The van der Waals surface area contributed by atoms with Crippen LogP contribution in [0.4, 0.5) is 10.2 Å². The van der Waals surface area contributed by atoms with Gasteiger partial charge >= 0.3 is 0 Å². The van der Waals surface area contributed by atoms with Gasteiger partial charge in [0.2, 0.25) is 5.91 Å². The summed E-state index contributed by atoms with van der Waals surface area (Å²) < 4.78 is 20.5. The van der Waals surface area contributed by atoms with Crippen molar-refractivity contribution in [2.75, 3.05) is 37.9 Å². The number of carbonyl (C=O) groups excluding carboxylic acids is 2. The van der Waals surface area contributed by atoms with E-state index < -0.39 is 12.1 Å². The molecule has 186 valence electrons. The number of aromatic nitrogens is 2. The summed E-state index contributed by atoms with van der Waals surface area (Å²) in [5.41, 5.74) is 5.34.